The monoisotopic (exact) mass is 247 g/mol. The summed E-state index contributed by atoms with van der Waals surface area (Å²) >= 11 is 0. The van der Waals surface area contributed by atoms with Crippen molar-refractivity contribution in [1.82, 2.24) is 5.32 Å². The molecule has 3 N–H and O–H groups in total. The zero-order valence-corrected chi connectivity index (χ0v) is 10.8. The van der Waals surface area contributed by atoms with E-state index >= 15 is 0 Å². The Morgan fingerprint density at radius 3 is 2.67 bits per heavy atom. The van der Waals surface area contributed by atoms with Crippen molar-refractivity contribution >= 4 is 11.8 Å². The van der Waals surface area contributed by atoms with Crippen LogP contribution in [0.5, 0.6) is 0 Å². The molecule has 1 radical (unpaired) electrons. The second kappa shape index (κ2) is 6.79. The zero-order chi connectivity index (χ0) is 13.5. The molecule has 0 spiro atoms. The molecule has 1 aromatic rings. The summed E-state index contributed by atoms with van der Waals surface area (Å²) in [5.41, 5.74) is 6.40. The van der Waals surface area contributed by atoms with Gasteiger partial charge in [-0.3, -0.25) is 9.59 Å². The van der Waals surface area contributed by atoms with Crippen molar-refractivity contribution < 1.29 is 9.59 Å². The lowest BCUT2D eigenvalue weighted by Gasteiger charge is -2.11. The van der Waals surface area contributed by atoms with E-state index in [1.807, 2.05) is 19.9 Å². The van der Waals surface area contributed by atoms with Gasteiger partial charge in [0, 0.05) is 24.4 Å². The molecule has 4 nitrogen and oxygen atoms in total. The lowest BCUT2D eigenvalue weighted by atomic mass is 10.0. The minimum Gasteiger partial charge on any atom is -0.366 e. The van der Waals surface area contributed by atoms with Crippen LogP contribution in [0.3, 0.4) is 0 Å². The number of hydrogen-bond acceptors (Lipinski definition) is 2. The third-order valence-corrected chi connectivity index (χ3v) is 2.75. The molecule has 0 aromatic heterocycles. The normalized spacial score (nSPS) is 11.9. The van der Waals surface area contributed by atoms with Crippen LogP contribution in [0.25, 0.3) is 0 Å². The Morgan fingerprint density at radius 2 is 2.06 bits per heavy atom. The van der Waals surface area contributed by atoms with Gasteiger partial charge < -0.3 is 11.1 Å². The lowest BCUT2D eigenvalue weighted by Crippen LogP contribution is -2.31. The summed E-state index contributed by atoms with van der Waals surface area (Å²) in [5, 5.41) is 2.86. The first-order valence-corrected chi connectivity index (χ1v) is 6.06. The number of primary amides is 1. The fourth-order valence-electron chi connectivity index (χ4n) is 1.54. The van der Waals surface area contributed by atoms with Crippen LogP contribution in [0.15, 0.2) is 24.3 Å². The van der Waals surface area contributed by atoms with Crippen LogP contribution >= 0.6 is 0 Å². The van der Waals surface area contributed by atoms with Gasteiger partial charge in [0.2, 0.25) is 11.8 Å². The zero-order valence-electron chi connectivity index (χ0n) is 10.8. The standard InChI is InChI=1S/C14H19N2O2/c1-3-10(2)16-13(17)9-8-11-6-4-5-7-12(11)14(15)18/h4-8,10H,3,9H2,1-2H3,(H2,15,18)(H,16,17)/t10-/m1/s1. The molecule has 0 bridgehead atoms. The topological polar surface area (TPSA) is 72.2 Å². The van der Waals surface area contributed by atoms with Crippen molar-refractivity contribution in [3.8, 4) is 0 Å². The van der Waals surface area contributed by atoms with Gasteiger partial charge in [0.1, 0.15) is 0 Å². The number of rotatable bonds is 6. The third-order valence-electron chi connectivity index (χ3n) is 2.75. The molecule has 0 aliphatic rings. The second-order valence-corrected chi connectivity index (χ2v) is 4.24. The number of hydrogen-bond donors (Lipinski definition) is 2. The van der Waals surface area contributed by atoms with Crippen LogP contribution in [-0.4, -0.2) is 17.9 Å². The summed E-state index contributed by atoms with van der Waals surface area (Å²) in [7, 11) is 0. The molecule has 18 heavy (non-hydrogen) atoms. The van der Waals surface area contributed by atoms with Gasteiger partial charge in [0.15, 0.2) is 0 Å². The van der Waals surface area contributed by atoms with Gasteiger partial charge in [-0.2, -0.15) is 0 Å². The van der Waals surface area contributed by atoms with E-state index in [0.717, 1.165) is 6.42 Å². The van der Waals surface area contributed by atoms with Crippen molar-refractivity contribution in [2.45, 2.75) is 32.7 Å². The third kappa shape index (κ3) is 4.20. The predicted octanol–water partition coefficient (Wildman–Crippen LogP) is 1.64. The van der Waals surface area contributed by atoms with Crippen molar-refractivity contribution in [2.75, 3.05) is 0 Å². The predicted molar refractivity (Wildman–Crippen MR) is 70.9 cm³/mol. The van der Waals surface area contributed by atoms with Crippen molar-refractivity contribution in [3.63, 3.8) is 0 Å². The first-order chi connectivity index (χ1) is 8.54. The number of carbonyl (C=O) groups is 2. The summed E-state index contributed by atoms with van der Waals surface area (Å²) in [6.45, 7) is 3.96. The summed E-state index contributed by atoms with van der Waals surface area (Å²) in [4.78, 5) is 22.8. The molecule has 4 heteroatoms. The number of nitrogens with one attached hydrogen (secondary N) is 1. The molecule has 1 aromatic carbocycles. The van der Waals surface area contributed by atoms with E-state index in [2.05, 4.69) is 5.32 Å². The summed E-state index contributed by atoms with van der Waals surface area (Å²) in [6, 6.07) is 7.15. The quantitative estimate of drug-likeness (QED) is 0.802. The maximum Gasteiger partial charge on any atom is 0.248 e. The fourth-order valence-corrected chi connectivity index (χ4v) is 1.54. The van der Waals surface area contributed by atoms with E-state index in [1.165, 1.54) is 0 Å². The van der Waals surface area contributed by atoms with Gasteiger partial charge in [0.25, 0.3) is 0 Å². The molecule has 0 saturated heterocycles. The van der Waals surface area contributed by atoms with Gasteiger partial charge in [-0.1, -0.05) is 25.1 Å². The van der Waals surface area contributed by atoms with Crippen molar-refractivity contribution in [3.05, 3.63) is 41.8 Å². The number of amides is 2. The number of nitrogens with two attached hydrogens (primary N) is 1. The molecule has 0 aliphatic carbocycles. The minimum atomic E-state index is -0.482. The highest BCUT2D eigenvalue weighted by atomic mass is 16.2. The Morgan fingerprint density at radius 1 is 1.39 bits per heavy atom. The molecular formula is C14H19N2O2. The highest BCUT2D eigenvalue weighted by Crippen LogP contribution is 2.12. The average Bonchev–Trinajstić information content (AvgIpc) is 2.36. The van der Waals surface area contributed by atoms with Crippen LogP contribution in [0.2, 0.25) is 0 Å². The number of benzene rings is 1. The molecular weight excluding hydrogens is 228 g/mol. The minimum absolute atomic E-state index is 0.0522. The van der Waals surface area contributed by atoms with E-state index in [1.54, 1.807) is 24.6 Å². The fraction of sp³-hybridized carbons (Fsp3) is 0.357. The smallest absolute Gasteiger partial charge is 0.248 e. The highest BCUT2D eigenvalue weighted by Gasteiger charge is 2.10. The van der Waals surface area contributed by atoms with E-state index < -0.39 is 5.91 Å². The number of carbonyl (C=O) groups excluding carboxylic acids is 2. The van der Waals surface area contributed by atoms with Gasteiger partial charge >= 0.3 is 0 Å². The van der Waals surface area contributed by atoms with Crippen molar-refractivity contribution in [2.24, 2.45) is 5.73 Å². The highest BCUT2D eigenvalue weighted by molar-refractivity contribution is 5.95. The van der Waals surface area contributed by atoms with E-state index in [0.29, 0.717) is 11.1 Å². The summed E-state index contributed by atoms with van der Waals surface area (Å²) in [6.07, 6.45) is 2.86. The molecule has 1 atom stereocenters. The van der Waals surface area contributed by atoms with Gasteiger partial charge in [-0.15, -0.1) is 0 Å². The molecule has 0 fully saturated rings. The Labute approximate surface area is 108 Å². The lowest BCUT2D eigenvalue weighted by molar-refractivity contribution is -0.121. The SMILES string of the molecule is CC[C@@H](C)NC(=O)C[CH]c1ccccc1C(N)=O. The Kier molecular flexibility index (Phi) is 5.36. The average molecular weight is 247 g/mol. The Bertz CT molecular complexity index is 430. The summed E-state index contributed by atoms with van der Waals surface area (Å²) < 4.78 is 0. The molecule has 97 valence electrons. The maximum atomic E-state index is 11.6. The van der Waals surface area contributed by atoms with Crippen molar-refractivity contribution in [1.29, 1.82) is 0 Å². The maximum absolute atomic E-state index is 11.6. The van der Waals surface area contributed by atoms with Crippen LogP contribution in [-0.2, 0) is 4.79 Å². The first-order valence-electron chi connectivity index (χ1n) is 6.06. The molecule has 2 amide bonds. The second-order valence-electron chi connectivity index (χ2n) is 4.24. The van der Waals surface area contributed by atoms with Crippen LogP contribution in [0, 0.1) is 6.42 Å². The van der Waals surface area contributed by atoms with E-state index in [9.17, 15) is 9.59 Å². The molecule has 1 rings (SSSR count). The van der Waals surface area contributed by atoms with Crippen LogP contribution in [0.1, 0.15) is 42.6 Å². The molecule has 0 unspecified atom stereocenters. The van der Waals surface area contributed by atoms with Crippen LogP contribution < -0.4 is 11.1 Å². The Hall–Kier alpha value is -1.84. The molecule has 0 heterocycles. The largest absolute Gasteiger partial charge is 0.366 e. The molecule has 0 aliphatic heterocycles. The van der Waals surface area contributed by atoms with Gasteiger partial charge in [-0.05, 0) is 25.0 Å². The van der Waals surface area contributed by atoms with Gasteiger partial charge in [0.05, 0.1) is 0 Å². The Balaban J connectivity index is 2.58. The van der Waals surface area contributed by atoms with Gasteiger partial charge in [-0.25, -0.2) is 0 Å². The molecule has 0 saturated carbocycles. The van der Waals surface area contributed by atoms with E-state index in [-0.39, 0.29) is 18.4 Å². The summed E-state index contributed by atoms with van der Waals surface area (Å²) in [5.74, 6) is -0.534. The first kappa shape index (κ1) is 14.2. The van der Waals surface area contributed by atoms with E-state index in [4.69, 9.17) is 5.73 Å². The van der Waals surface area contributed by atoms with Crippen LogP contribution in [0.4, 0.5) is 0 Å².